The molecular weight excluding hydrogens is 188 g/mol. The van der Waals surface area contributed by atoms with E-state index in [2.05, 4.69) is 0 Å². The Morgan fingerprint density at radius 1 is 1.50 bits per heavy atom. The van der Waals surface area contributed by atoms with E-state index in [1.165, 1.54) is 0 Å². The third-order valence-corrected chi connectivity index (χ3v) is 2.13. The summed E-state index contributed by atoms with van der Waals surface area (Å²) in [5.74, 6) is 0. The molecule has 0 N–H and O–H groups in total. The minimum Gasteiger partial charge on any atom is -0.264 e. The van der Waals surface area contributed by atoms with Crippen LogP contribution in [-0.4, -0.2) is 15.9 Å². The SMILES string of the molecule is CCC1=CCC([N+](=O)[O-])C=C1[N+](=O)[O-]. The van der Waals surface area contributed by atoms with Crippen LogP contribution < -0.4 is 0 Å². The molecule has 6 nitrogen and oxygen atoms in total. The van der Waals surface area contributed by atoms with Crippen molar-refractivity contribution in [3.05, 3.63) is 43.7 Å². The lowest BCUT2D eigenvalue weighted by molar-refractivity contribution is -0.511. The lowest BCUT2D eigenvalue weighted by Crippen LogP contribution is -2.21. The summed E-state index contributed by atoms with van der Waals surface area (Å²) in [6, 6.07) is -0.953. The van der Waals surface area contributed by atoms with Crippen LogP contribution in [0.2, 0.25) is 0 Å². The third kappa shape index (κ3) is 1.95. The maximum absolute atomic E-state index is 10.6. The van der Waals surface area contributed by atoms with Gasteiger partial charge in [0, 0.05) is 16.9 Å². The van der Waals surface area contributed by atoms with E-state index < -0.39 is 15.9 Å². The van der Waals surface area contributed by atoms with Crippen LogP contribution in [0.4, 0.5) is 0 Å². The van der Waals surface area contributed by atoms with Crippen LogP contribution in [0, 0.1) is 20.2 Å². The summed E-state index contributed by atoms with van der Waals surface area (Å²) in [7, 11) is 0. The van der Waals surface area contributed by atoms with E-state index in [-0.39, 0.29) is 12.1 Å². The molecule has 14 heavy (non-hydrogen) atoms. The number of rotatable bonds is 3. The minimum absolute atomic E-state index is 0.125. The maximum atomic E-state index is 10.6. The van der Waals surface area contributed by atoms with Gasteiger partial charge in [-0.1, -0.05) is 13.0 Å². The van der Waals surface area contributed by atoms with Crippen molar-refractivity contribution in [2.24, 2.45) is 0 Å². The second-order valence-electron chi connectivity index (χ2n) is 2.98. The summed E-state index contributed by atoms with van der Waals surface area (Å²) in [6.07, 6.45) is 3.47. The predicted molar refractivity (Wildman–Crippen MR) is 48.9 cm³/mol. The van der Waals surface area contributed by atoms with Crippen molar-refractivity contribution in [2.45, 2.75) is 25.8 Å². The van der Waals surface area contributed by atoms with Crippen molar-refractivity contribution in [3.8, 4) is 0 Å². The Labute approximate surface area is 80.2 Å². The van der Waals surface area contributed by atoms with Crippen molar-refractivity contribution in [2.75, 3.05) is 0 Å². The van der Waals surface area contributed by atoms with E-state index in [1.54, 1.807) is 13.0 Å². The fourth-order valence-electron chi connectivity index (χ4n) is 1.38. The van der Waals surface area contributed by atoms with Crippen LogP contribution in [0.15, 0.2) is 23.4 Å². The highest BCUT2D eigenvalue weighted by Gasteiger charge is 2.28. The van der Waals surface area contributed by atoms with Gasteiger partial charge >= 0.3 is 0 Å². The van der Waals surface area contributed by atoms with Gasteiger partial charge < -0.3 is 0 Å². The average Bonchev–Trinajstić information content (AvgIpc) is 2.16. The molecular formula is C8H10N2O4. The maximum Gasteiger partial charge on any atom is 0.275 e. The van der Waals surface area contributed by atoms with E-state index in [0.29, 0.717) is 12.0 Å². The predicted octanol–water partition coefficient (Wildman–Crippen LogP) is 1.53. The van der Waals surface area contributed by atoms with E-state index in [0.717, 1.165) is 6.08 Å². The molecule has 0 spiro atoms. The van der Waals surface area contributed by atoms with E-state index >= 15 is 0 Å². The highest BCUT2D eigenvalue weighted by atomic mass is 16.6. The summed E-state index contributed by atoms with van der Waals surface area (Å²) in [4.78, 5) is 19.9. The molecule has 6 heteroatoms. The first kappa shape index (κ1) is 10.4. The molecule has 1 rings (SSSR count). The van der Waals surface area contributed by atoms with Gasteiger partial charge in [0.1, 0.15) is 0 Å². The van der Waals surface area contributed by atoms with Crippen LogP contribution in [0.5, 0.6) is 0 Å². The van der Waals surface area contributed by atoms with E-state index in [1.807, 2.05) is 0 Å². The monoisotopic (exact) mass is 198 g/mol. The Hall–Kier alpha value is -1.72. The second-order valence-corrected chi connectivity index (χ2v) is 2.98. The molecule has 0 aromatic carbocycles. The molecule has 0 heterocycles. The number of nitro groups is 2. The average molecular weight is 198 g/mol. The largest absolute Gasteiger partial charge is 0.275 e. The van der Waals surface area contributed by atoms with Gasteiger partial charge in [0.15, 0.2) is 0 Å². The Morgan fingerprint density at radius 3 is 2.57 bits per heavy atom. The Bertz CT molecular complexity index is 332. The Balaban J connectivity index is 2.97. The number of hydrogen-bond acceptors (Lipinski definition) is 4. The van der Waals surface area contributed by atoms with Gasteiger partial charge in [-0.2, -0.15) is 0 Å². The summed E-state index contributed by atoms with van der Waals surface area (Å²) < 4.78 is 0. The van der Waals surface area contributed by atoms with Crippen molar-refractivity contribution in [3.63, 3.8) is 0 Å². The molecule has 0 saturated carbocycles. The molecule has 1 unspecified atom stereocenters. The summed E-state index contributed by atoms with van der Waals surface area (Å²) >= 11 is 0. The molecule has 0 amide bonds. The molecule has 0 aliphatic heterocycles. The van der Waals surface area contributed by atoms with Gasteiger partial charge in [-0.15, -0.1) is 0 Å². The van der Waals surface area contributed by atoms with Gasteiger partial charge in [0.05, 0.1) is 11.0 Å². The van der Waals surface area contributed by atoms with Crippen LogP contribution in [-0.2, 0) is 0 Å². The van der Waals surface area contributed by atoms with Crippen LogP contribution in [0.1, 0.15) is 19.8 Å². The molecule has 0 saturated heterocycles. The summed E-state index contributed by atoms with van der Waals surface area (Å²) in [5.41, 5.74) is 0.452. The molecule has 0 aromatic heterocycles. The first-order chi connectivity index (χ1) is 6.56. The summed E-state index contributed by atoms with van der Waals surface area (Å²) in [6.45, 7) is 1.79. The van der Waals surface area contributed by atoms with Crippen LogP contribution in [0.25, 0.3) is 0 Å². The minimum atomic E-state index is -0.953. The summed E-state index contributed by atoms with van der Waals surface area (Å²) in [5, 5.41) is 21.0. The van der Waals surface area contributed by atoms with E-state index in [9.17, 15) is 20.2 Å². The molecule has 1 aliphatic carbocycles. The van der Waals surface area contributed by atoms with Gasteiger partial charge in [0.2, 0.25) is 6.04 Å². The second kappa shape index (κ2) is 3.99. The lowest BCUT2D eigenvalue weighted by Gasteiger charge is -2.10. The topological polar surface area (TPSA) is 86.3 Å². The molecule has 0 aromatic rings. The number of nitrogens with zero attached hydrogens (tertiary/aromatic N) is 2. The molecule has 0 radical (unpaired) electrons. The van der Waals surface area contributed by atoms with Crippen LogP contribution >= 0.6 is 0 Å². The number of allylic oxidation sites excluding steroid dienone is 1. The van der Waals surface area contributed by atoms with Crippen molar-refractivity contribution in [1.29, 1.82) is 0 Å². The highest BCUT2D eigenvalue weighted by molar-refractivity contribution is 5.29. The zero-order valence-electron chi connectivity index (χ0n) is 7.67. The van der Waals surface area contributed by atoms with Gasteiger partial charge in [-0.25, -0.2) is 0 Å². The zero-order chi connectivity index (χ0) is 10.7. The highest BCUT2D eigenvalue weighted by Crippen LogP contribution is 2.23. The first-order valence-corrected chi connectivity index (χ1v) is 4.25. The van der Waals surface area contributed by atoms with Gasteiger partial charge in [-0.3, -0.25) is 20.2 Å². The molecule has 0 fully saturated rings. The first-order valence-electron chi connectivity index (χ1n) is 4.25. The normalized spacial score (nSPS) is 21.1. The molecule has 76 valence electrons. The molecule has 1 atom stereocenters. The zero-order valence-corrected chi connectivity index (χ0v) is 7.67. The third-order valence-electron chi connectivity index (χ3n) is 2.13. The van der Waals surface area contributed by atoms with Crippen molar-refractivity contribution < 1.29 is 9.85 Å². The Morgan fingerprint density at radius 2 is 2.14 bits per heavy atom. The van der Waals surface area contributed by atoms with Crippen molar-refractivity contribution in [1.82, 2.24) is 0 Å². The quantitative estimate of drug-likeness (QED) is 0.508. The molecule has 1 aliphatic rings. The van der Waals surface area contributed by atoms with Gasteiger partial charge in [-0.05, 0) is 6.42 Å². The fraction of sp³-hybridized carbons (Fsp3) is 0.500. The van der Waals surface area contributed by atoms with E-state index in [4.69, 9.17) is 0 Å². The van der Waals surface area contributed by atoms with Crippen molar-refractivity contribution >= 4 is 0 Å². The van der Waals surface area contributed by atoms with Gasteiger partial charge in [0.25, 0.3) is 5.70 Å². The molecule has 0 bridgehead atoms. The fourth-order valence-corrected chi connectivity index (χ4v) is 1.38. The number of hydrogen-bond donors (Lipinski definition) is 0. The van der Waals surface area contributed by atoms with Crippen LogP contribution in [0.3, 0.4) is 0 Å². The lowest BCUT2D eigenvalue weighted by atomic mass is 9.98. The smallest absolute Gasteiger partial charge is 0.264 e. The Kier molecular flexibility index (Phi) is 2.95. The standard InChI is InChI=1S/C8H10N2O4/c1-2-6-3-4-7(9(11)12)5-8(6)10(13)14/h3,5,7H,2,4H2,1H3.